The number of halogens is 2. The molecule has 1 aliphatic rings. The second-order valence-electron chi connectivity index (χ2n) is 4.91. The molecule has 2 rings (SSSR count). The van der Waals surface area contributed by atoms with Crippen LogP contribution in [0.15, 0.2) is 18.2 Å². The molecule has 98 valence electrons. The van der Waals surface area contributed by atoms with Crippen molar-refractivity contribution in [1.82, 2.24) is 5.32 Å². The van der Waals surface area contributed by atoms with Crippen molar-refractivity contribution < 1.29 is 13.6 Å². The number of piperidine rings is 1. The fraction of sp³-hybridized carbons (Fsp3) is 0.500. The van der Waals surface area contributed by atoms with Gasteiger partial charge in [0.15, 0.2) is 0 Å². The largest absolute Gasteiger partial charge is 0.316 e. The number of carbonyl (C=O) groups excluding carboxylic acids is 1. The van der Waals surface area contributed by atoms with Crippen molar-refractivity contribution >= 4 is 5.78 Å². The minimum absolute atomic E-state index is 0.0497. The zero-order valence-corrected chi connectivity index (χ0v) is 10.2. The number of nitrogens with one attached hydrogen (secondary N) is 1. The van der Waals surface area contributed by atoms with Crippen molar-refractivity contribution in [2.24, 2.45) is 5.92 Å². The molecule has 0 spiro atoms. The lowest BCUT2D eigenvalue weighted by Gasteiger charge is -2.21. The maximum absolute atomic E-state index is 13.0. The topological polar surface area (TPSA) is 29.1 Å². The third kappa shape index (κ3) is 3.88. The molecule has 1 aromatic rings. The minimum Gasteiger partial charge on any atom is -0.316 e. The molecule has 0 radical (unpaired) electrons. The second kappa shape index (κ2) is 6.05. The van der Waals surface area contributed by atoms with Gasteiger partial charge in [-0.1, -0.05) is 0 Å². The van der Waals surface area contributed by atoms with Gasteiger partial charge in [0.1, 0.15) is 17.4 Å². The summed E-state index contributed by atoms with van der Waals surface area (Å²) in [5, 5.41) is 3.25. The van der Waals surface area contributed by atoms with Gasteiger partial charge >= 0.3 is 0 Å². The Labute approximate surface area is 105 Å². The molecule has 4 heteroatoms. The lowest BCUT2D eigenvalue weighted by Crippen LogP contribution is -2.31. The summed E-state index contributed by atoms with van der Waals surface area (Å²) in [7, 11) is 0. The predicted octanol–water partition coefficient (Wildman–Crippen LogP) is 2.47. The molecule has 1 aliphatic heterocycles. The molecule has 1 saturated heterocycles. The quantitative estimate of drug-likeness (QED) is 0.893. The highest BCUT2D eigenvalue weighted by molar-refractivity contribution is 5.81. The Morgan fingerprint density at radius 2 is 2.00 bits per heavy atom. The van der Waals surface area contributed by atoms with E-state index in [-0.39, 0.29) is 12.2 Å². The molecule has 1 atom stereocenters. The van der Waals surface area contributed by atoms with Crippen LogP contribution in [0.2, 0.25) is 0 Å². The highest BCUT2D eigenvalue weighted by Crippen LogP contribution is 2.16. The van der Waals surface area contributed by atoms with E-state index in [2.05, 4.69) is 5.32 Å². The van der Waals surface area contributed by atoms with E-state index in [1.54, 1.807) is 0 Å². The van der Waals surface area contributed by atoms with E-state index < -0.39 is 11.6 Å². The summed E-state index contributed by atoms with van der Waals surface area (Å²) in [5.74, 6) is -0.840. The highest BCUT2D eigenvalue weighted by atomic mass is 19.1. The Hall–Kier alpha value is -1.29. The molecule has 18 heavy (non-hydrogen) atoms. The van der Waals surface area contributed by atoms with E-state index in [0.29, 0.717) is 17.9 Å². The first kappa shape index (κ1) is 13.1. The van der Waals surface area contributed by atoms with Crippen molar-refractivity contribution in [3.63, 3.8) is 0 Å². The third-order valence-corrected chi connectivity index (χ3v) is 3.24. The van der Waals surface area contributed by atoms with Crippen LogP contribution in [0.5, 0.6) is 0 Å². The van der Waals surface area contributed by atoms with E-state index in [4.69, 9.17) is 0 Å². The van der Waals surface area contributed by atoms with Gasteiger partial charge in [-0.3, -0.25) is 4.79 Å². The maximum atomic E-state index is 13.0. The van der Waals surface area contributed by atoms with Gasteiger partial charge in [0.25, 0.3) is 0 Å². The first-order valence-electron chi connectivity index (χ1n) is 6.31. The zero-order chi connectivity index (χ0) is 13.0. The average molecular weight is 253 g/mol. The van der Waals surface area contributed by atoms with Gasteiger partial charge in [-0.05, 0) is 49.5 Å². The molecular weight excluding hydrogens is 236 g/mol. The number of hydrogen-bond acceptors (Lipinski definition) is 2. The summed E-state index contributed by atoms with van der Waals surface area (Å²) in [4.78, 5) is 11.8. The molecule has 0 bridgehead atoms. The van der Waals surface area contributed by atoms with Crippen LogP contribution in [0.1, 0.15) is 24.8 Å². The van der Waals surface area contributed by atoms with Gasteiger partial charge in [0.05, 0.1) is 0 Å². The number of rotatable bonds is 4. The van der Waals surface area contributed by atoms with Crippen molar-refractivity contribution in [3.8, 4) is 0 Å². The predicted molar refractivity (Wildman–Crippen MR) is 65.3 cm³/mol. The molecule has 1 heterocycles. The van der Waals surface area contributed by atoms with Gasteiger partial charge in [-0.25, -0.2) is 8.78 Å². The first-order valence-corrected chi connectivity index (χ1v) is 6.31. The number of benzene rings is 1. The molecule has 0 amide bonds. The summed E-state index contributed by atoms with van der Waals surface area (Å²) in [6.07, 6.45) is 2.75. The van der Waals surface area contributed by atoms with Gasteiger partial charge in [0, 0.05) is 18.9 Å². The molecule has 2 nitrogen and oxygen atoms in total. The maximum Gasteiger partial charge on any atom is 0.137 e. The monoisotopic (exact) mass is 253 g/mol. The number of hydrogen-bond donors (Lipinski definition) is 1. The molecule has 1 aromatic carbocycles. The lowest BCUT2D eigenvalue weighted by molar-refractivity contribution is -0.119. The van der Waals surface area contributed by atoms with Gasteiger partial charge < -0.3 is 5.32 Å². The fourth-order valence-corrected chi connectivity index (χ4v) is 2.43. The summed E-state index contributed by atoms with van der Waals surface area (Å²) in [5.41, 5.74) is 0.418. The normalized spacial score (nSPS) is 19.8. The standard InChI is InChI=1S/C14H17F2NO/c15-12-4-11(5-13(16)8-12)7-14(18)6-10-2-1-3-17-9-10/h4-5,8,10,17H,1-3,6-7,9H2. The summed E-state index contributed by atoms with van der Waals surface area (Å²) in [6, 6.07) is 3.26. The Morgan fingerprint density at radius 1 is 1.28 bits per heavy atom. The van der Waals surface area contributed by atoms with Crippen LogP contribution in [-0.2, 0) is 11.2 Å². The molecular formula is C14H17F2NO. The van der Waals surface area contributed by atoms with Crippen LogP contribution >= 0.6 is 0 Å². The smallest absolute Gasteiger partial charge is 0.137 e. The van der Waals surface area contributed by atoms with Crippen molar-refractivity contribution in [3.05, 3.63) is 35.4 Å². The van der Waals surface area contributed by atoms with Crippen LogP contribution in [-0.4, -0.2) is 18.9 Å². The third-order valence-electron chi connectivity index (χ3n) is 3.24. The minimum atomic E-state index is -0.628. The van der Waals surface area contributed by atoms with E-state index in [1.165, 1.54) is 12.1 Å². The Morgan fingerprint density at radius 3 is 2.61 bits per heavy atom. The van der Waals surface area contributed by atoms with E-state index in [9.17, 15) is 13.6 Å². The summed E-state index contributed by atoms with van der Waals surface area (Å²) in [6.45, 7) is 1.88. The average Bonchev–Trinajstić information content (AvgIpc) is 2.28. The Kier molecular flexibility index (Phi) is 4.42. The molecule has 0 saturated carbocycles. The van der Waals surface area contributed by atoms with Crippen LogP contribution in [0, 0.1) is 17.6 Å². The van der Waals surface area contributed by atoms with Gasteiger partial charge in [0.2, 0.25) is 0 Å². The van der Waals surface area contributed by atoms with Crippen molar-refractivity contribution in [2.75, 3.05) is 13.1 Å². The number of ketones is 1. The van der Waals surface area contributed by atoms with Crippen LogP contribution in [0.25, 0.3) is 0 Å². The lowest BCUT2D eigenvalue weighted by atomic mass is 9.92. The van der Waals surface area contributed by atoms with Crippen molar-refractivity contribution in [2.45, 2.75) is 25.7 Å². The summed E-state index contributed by atoms with van der Waals surface area (Å²) < 4.78 is 26.0. The molecule has 0 aliphatic carbocycles. The van der Waals surface area contributed by atoms with Crippen LogP contribution in [0.3, 0.4) is 0 Å². The van der Waals surface area contributed by atoms with Gasteiger partial charge in [-0.2, -0.15) is 0 Å². The van der Waals surface area contributed by atoms with Crippen molar-refractivity contribution in [1.29, 1.82) is 0 Å². The van der Waals surface area contributed by atoms with E-state index >= 15 is 0 Å². The zero-order valence-electron chi connectivity index (χ0n) is 10.2. The molecule has 1 fully saturated rings. The molecule has 0 aromatic heterocycles. The van der Waals surface area contributed by atoms with Gasteiger partial charge in [-0.15, -0.1) is 0 Å². The Bertz CT molecular complexity index is 408. The van der Waals surface area contributed by atoms with E-state index in [1.807, 2.05) is 0 Å². The first-order chi connectivity index (χ1) is 8.63. The van der Waals surface area contributed by atoms with E-state index in [0.717, 1.165) is 32.0 Å². The second-order valence-corrected chi connectivity index (χ2v) is 4.91. The molecule has 1 unspecified atom stereocenters. The molecule has 1 N–H and O–H groups in total. The summed E-state index contributed by atoms with van der Waals surface area (Å²) >= 11 is 0. The Balaban J connectivity index is 1.89. The van der Waals surface area contributed by atoms with Crippen LogP contribution in [0.4, 0.5) is 8.78 Å². The number of carbonyl (C=O) groups is 1. The fourth-order valence-electron chi connectivity index (χ4n) is 2.43. The SMILES string of the molecule is O=C(Cc1cc(F)cc(F)c1)CC1CCCNC1. The highest BCUT2D eigenvalue weighted by Gasteiger charge is 2.17. The van der Waals surface area contributed by atoms with Crippen LogP contribution < -0.4 is 5.32 Å². The number of Topliss-reactive ketones (excluding diaryl/α,β-unsaturated/α-hetero) is 1.